The summed E-state index contributed by atoms with van der Waals surface area (Å²) in [6, 6.07) is 1.50. The Morgan fingerprint density at radius 1 is 1.33 bits per heavy atom. The normalized spacial score (nSPS) is 35.4. The van der Waals surface area contributed by atoms with Crippen molar-refractivity contribution in [3.63, 3.8) is 0 Å². The monoisotopic (exact) mass is 250 g/mol. The van der Waals surface area contributed by atoms with Crippen LogP contribution >= 0.6 is 0 Å². The topological polar surface area (TPSA) is 75.1 Å². The van der Waals surface area contributed by atoms with Gasteiger partial charge in [-0.3, -0.25) is 14.3 Å². The Kier molecular flexibility index (Phi) is 2.66. The minimum absolute atomic E-state index is 0.0141. The van der Waals surface area contributed by atoms with Gasteiger partial charge in [0.25, 0.3) is 5.56 Å². The van der Waals surface area contributed by atoms with Gasteiger partial charge in [-0.05, 0) is 37.5 Å². The molecule has 2 N–H and O–H groups in total. The lowest BCUT2D eigenvalue weighted by Gasteiger charge is -2.27. The van der Waals surface area contributed by atoms with Crippen molar-refractivity contribution in [2.75, 3.05) is 0 Å². The Morgan fingerprint density at radius 3 is 2.83 bits per heavy atom. The Hall–Kier alpha value is -1.36. The number of aromatic amines is 1. The van der Waals surface area contributed by atoms with Gasteiger partial charge in [-0.2, -0.15) is 0 Å². The third kappa shape index (κ3) is 1.73. The molecule has 98 valence electrons. The summed E-state index contributed by atoms with van der Waals surface area (Å²) in [4.78, 5) is 25.1. The zero-order valence-electron chi connectivity index (χ0n) is 10.3. The molecule has 5 nitrogen and oxygen atoms in total. The number of H-pyrrole nitrogens is 1. The summed E-state index contributed by atoms with van der Waals surface area (Å²) in [7, 11) is 0. The minimum atomic E-state index is -0.357. The molecule has 3 rings (SSSR count). The minimum Gasteiger partial charge on any atom is -0.393 e. The standard InChI is InChI=1S/C13H18N2O3/c16-10-2-1-5-13(10)6-3-9(8-13)15-7-4-11(17)14-12(15)18/h4,7,9-10,16H,1-3,5-6,8H2,(H,14,17,18)/t9-,10+,13+/m0/s1. The zero-order valence-corrected chi connectivity index (χ0v) is 10.3. The molecule has 2 aliphatic carbocycles. The maximum Gasteiger partial charge on any atom is 0.328 e. The summed E-state index contributed by atoms with van der Waals surface area (Å²) in [5.41, 5.74) is -0.679. The number of nitrogens with zero attached hydrogens (tertiary/aromatic N) is 1. The first-order chi connectivity index (χ1) is 8.61. The third-order valence-electron chi connectivity index (χ3n) is 4.72. The smallest absolute Gasteiger partial charge is 0.328 e. The highest BCUT2D eigenvalue weighted by molar-refractivity contribution is 5.00. The van der Waals surface area contributed by atoms with Crippen LogP contribution in [0.15, 0.2) is 21.9 Å². The van der Waals surface area contributed by atoms with Crippen LogP contribution in [0.25, 0.3) is 0 Å². The molecule has 2 fully saturated rings. The predicted molar refractivity (Wildman–Crippen MR) is 66.5 cm³/mol. The molecule has 1 aromatic rings. The van der Waals surface area contributed by atoms with E-state index in [-0.39, 0.29) is 28.8 Å². The Bertz CT molecular complexity index is 562. The number of hydrogen-bond donors (Lipinski definition) is 2. The number of rotatable bonds is 1. The highest BCUT2D eigenvalue weighted by Crippen LogP contribution is 2.53. The Balaban J connectivity index is 1.88. The van der Waals surface area contributed by atoms with E-state index in [2.05, 4.69) is 4.98 Å². The van der Waals surface area contributed by atoms with E-state index in [0.717, 1.165) is 38.5 Å². The van der Waals surface area contributed by atoms with Gasteiger partial charge in [0.05, 0.1) is 6.10 Å². The molecular formula is C13H18N2O3. The van der Waals surface area contributed by atoms with E-state index in [4.69, 9.17) is 0 Å². The molecule has 1 spiro atoms. The van der Waals surface area contributed by atoms with E-state index in [1.165, 1.54) is 6.07 Å². The molecule has 18 heavy (non-hydrogen) atoms. The van der Waals surface area contributed by atoms with Gasteiger partial charge in [0, 0.05) is 18.3 Å². The van der Waals surface area contributed by atoms with Gasteiger partial charge in [0.15, 0.2) is 0 Å². The van der Waals surface area contributed by atoms with Crippen molar-refractivity contribution in [2.45, 2.75) is 50.7 Å². The van der Waals surface area contributed by atoms with Crippen molar-refractivity contribution in [1.82, 2.24) is 9.55 Å². The molecular weight excluding hydrogens is 232 g/mol. The lowest BCUT2D eigenvalue weighted by molar-refractivity contribution is 0.0547. The van der Waals surface area contributed by atoms with Crippen molar-refractivity contribution in [3.8, 4) is 0 Å². The number of nitrogens with one attached hydrogen (secondary N) is 1. The Labute approximate surface area is 104 Å². The average Bonchev–Trinajstić information content (AvgIpc) is 2.89. The van der Waals surface area contributed by atoms with E-state index >= 15 is 0 Å². The molecule has 0 saturated heterocycles. The van der Waals surface area contributed by atoms with Gasteiger partial charge in [0.1, 0.15) is 0 Å². The molecule has 3 atom stereocenters. The predicted octanol–water partition coefficient (Wildman–Crippen LogP) is 0.793. The van der Waals surface area contributed by atoms with Crippen LogP contribution in [0.1, 0.15) is 44.6 Å². The maximum absolute atomic E-state index is 11.8. The second-order valence-corrected chi connectivity index (χ2v) is 5.68. The van der Waals surface area contributed by atoms with Gasteiger partial charge in [0.2, 0.25) is 0 Å². The highest BCUT2D eigenvalue weighted by Gasteiger charge is 2.47. The quantitative estimate of drug-likeness (QED) is 0.774. The van der Waals surface area contributed by atoms with Crippen LogP contribution in [-0.2, 0) is 0 Å². The van der Waals surface area contributed by atoms with E-state index in [9.17, 15) is 14.7 Å². The van der Waals surface area contributed by atoms with Crippen molar-refractivity contribution in [3.05, 3.63) is 33.1 Å². The highest BCUT2D eigenvalue weighted by atomic mass is 16.3. The molecule has 0 bridgehead atoms. The fourth-order valence-corrected chi connectivity index (χ4v) is 3.73. The molecule has 0 radical (unpaired) electrons. The lowest BCUT2D eigenvalue weighted by atomic mass is 9.82. The molecule has 0 aliphatic heterocycles. The molecule has 2 aliphatic rings. The van der Waals surface area contributed by atoms with Crippen LogP contribution < -0.4 is 11.2 Å². The fourth-order valence-electron chi connectivity index (χ4n) is 3.73. The summed E-state index contributed by atoms with van der Waals surface area (Å²) >= 11 is 0. The number of aromatic nitrogens is 2. The third-order valence-corrected chi connectivity index (χ3v) is 4.72. The summed E-state index contributed by atoms with van der Waals surface area (Å²) in [6.45, 7) is 0. The van der Waals surface area contributed by atoms with E-state index in [1.807, 2.05) is 0 Å². The molecule has 2 saturated carbocycles. The maximum atomic E-state index is 11.8. The van der Waals surface area contributed by atoms with Gasteiger partial charge in [-0.25, -0.2) is 4.79 Å². The van der Waals surface area contributed by atoms with Gasteiger partial charge in [-0.15, -0.1) is 0 Å². The molecule has 1 aromatic heterocycles. The van der Waals surface area contributed by atoms with Crippen molar-refractivity contribution >= 4 is 0 Å². The summed E-state index contributed by atoms with van der Waals surface area (Å²) < 4.78 is 1.61. The number of aliphatic hydroxyl groups excluding tert-OH is 1. The molecule has 0 amide bonds. The summed E-state index contributed by atoms with van der Waals surface area (Å²) in [6.07, 6.45) is 7.10. The van der Waals surface area contributed by atoms with Crippen LogP contribution in [0.3, 0.4) is 0 Å². The van der Waals surface area contributed by atoms with Crippen molar-refractivity contribution < 1.29 is 5.11 Å². The van der Waals surface area contributed by atoms with Crippen LogP contribution in [0.5, 0.6) is 0 Å². The van der Waals surface area contributed by atoms with E-state index in [0.29, 0.717) is 0 Å². The first-order valence-corrected chi connectivity index (χ1v) is 6.60. The number of aliphatic hydroxyl groups is 1. The average molecular weight is 250 g/mol. The van der Waals surface area contributed by atoms with Crippen molar-refractivity contribution in [1.29, 1.82) is 0 Å². The summed E-state index contributed by atoms with van der Waals surface area (Å²) in [5.74, 6) is 0. The first-order valence-electron chi connectivity index (χ1n) is 6.60. The van der Waals surface area contributed by atoms with Crippen LogP contribution in [0.2, 0.25) is 0 Å². The lowest BCUT2D eigenvalue weighted by Crippen LogP contribution is -2.32. The number of hydrogen-bond acceptors (Lipinski definition) is 3. The van der Waals surface area contributed by atoms with Gasteiger partial charge >= 0.3 is 5.69 Å². The van der Waals surface area contributed by atoms with E-state index < -0.39 is 0 Å². The second kappa shape index (κ2) is 4.09. The second-order valence-electron chi connectivity index (χ2n) is 5.68. The van der Waals surface area contributed by atoms with Crippen LogP contribution in [0.4, 0.5) is 0 Å². The van der Waals surface area contributed by atoms with Crippen LogP contribution in [-0.4, -0.2) is 20.8 Å². The molecule has 0 aromatic carbocycles. The summed E-state index contributed by atoms with van der Waals surface area (Å²) in [5, 5.41) is 10.1. The molecule has 0 unspecified atom stereocenters. The van der Waals surface area contributed by atoms with E-state index in [1.54, 1.807) is 10.8 Å². The van der Waals surface area contributed by atoms with Gasteiger partial charge < -0.3 is 5.11 Å². The zero-order chi connectivity index (χ0) is 12.8. The largest absolute Gasteiger partial charge is 0.393 e. The Morgan fingerprint density at radius 2 is 2.17 bits per heavy atom. The molecule has 5 heteroatoms. The first kappa shape index (κ1) is 11.7. The SMILES string of the molecule is O=c1ccn([C@H]2CC[C@]3(CCC[C@H]3O)C2)c(=O)[nH]1. The van der Waals surface area contributed by atoms with Crippen LogP contribution in [0, 0.1) is 5.41 Å². The van der Waals surface area contributed by atoms with Crippen molar-refractivity contribution in [2.24, 2.45) is 5.41 Å². The fraction of sp³-hybridized carbons (Fsp3) is 0.692. The van der Waals surface area contributed by atoms with Gasteiger partial charge in [-0.1, -0.05) is 6.42 Å². The molecule has 1 heterocycles.